The number of hydrogen-bond donors (Lipinski definition) is 2. The predicted octanol–water partition coefficient (Wildman–Crippen LogP) is 0.647. The van der Waals surface area contributed by atoms with E-state index in [-0.39, 0.29) is 11.4 Å². The maximum Gasteiger partial charge on any atom is 0.240 e. The smallest absolute Gasteiger partial charge is 0.240 e. The highest BCUT2D eigenvalue weighted by molar-refractivity contribution is 7.98. The summed E-state index contributed by atoms with van der Waals surface area (Å²) in [7, 11) is -2.02. The summed E-state index contributed by atoms with van der Waals surface area (Å²) >= 11 is 1.57. The van der Waals surface area contributed by atoms with Crippen molar-refractivity contribution in [1.82, 2.24) is 4.72 Å². The fraction of sp³-hybridized carbons (Fsp3) is 0.385. The van der Waals surface area contributed by atoms with Gasteiger partial charge < -0.3 is 10.5 Å². The lowest BCUT2D eigenvalue weighted by Gasteiger charge is -2.09. The Balaban J connectivity index is 3.07. The van der Waals surface area contributed by atoms with Gasteiger partial charge in [-0.3, -0.25) is 0 Å². The van der Waals surface area contributed by atoms with Crippen LogP contribution in [0.2, 0.25) is 0 Å². The van der Waals surface area contributed by atoms with Gasteiger partial charge in [-0.05, 0) is 24.5 Å². The van der Waals surface area contributed by atoms with Crippen molar-refractivity contribution in [2.75, 3.05) is 32.2 Å². The van der Waals surface area contributed by atoms with Gasteiger partial charge in [0.1, 0.15) is 5.75 Å². The molecule has 0 bridgehead atoms. The third-order valence-corrected chi connectivity index (χ3v) is 4.48. The summed E-state index contributed by atoms with van der Waals surface area (Å²) in [5.41, 5.74) is 5.83. The van der Waals surface area contributed by atoms with Gasteiger partial charge in [0.05, 0.1) is 24.1 Å². The van der Waals surface area contributed by atoms with Crippen molar-refractivity contribution < 1.29 is 13.2 Å². The normalized spacial score (nSPS) is 10.8. The van der Waals surface area contributed by atoms with E-state index in [9.17, 15) is 8.42 Å². The number of rotatable bonds is 6. The third kappa shape index (κ3) is 4.72. The van der Waals surface area contributed by atoms with E-state index in [1.54, 1.807) is 17.8 Å². The van der Waals surface area contributed by atoms with E-state index in [0.717, 1.165) is 5.75 Å². The second kappa shape index (κ2) is 8.17. The molecule has 0 spiro atoms. The van der Waals surface area contributed by atoms with Crippen molar-refractivity contribution in [2.45, 2.75) is 4.90 Å². The summed E-state index contributed by atoms with van der Waals surface area (Å²) in [5.74, 6) is 6.74. The molecule has 0 heterocycles. The van der Waals surface area contributed by atoms with E-state index in [1.165, 1.54) is 19.2 Å². The lowest BCUT2D eigenvalue weighted by atomic mass is 10.2. The molecule has 3 N–H and O–H groups in total. The van der Waals surface area contributed by atoms with Gasteiger partial charge in [-0.1, -0.05) is 11.8 Å². The molecule has 0 aliphatic heterocycles. The average Bonchev–Trinajstić information content (AvgIpc) is 2.44. The van der Waals surface area contributed by atoms with Crippen LogP contribution in [0.25, 0.3) is 0 Å². The Morgan fingerprint density at radius 2 is 2.20 bits per heavy atom. The van der Waals surface area contributed by atoms with Crippen molar-refractivity contribution in [3.8, 4) is 17.6 Å². The fourth-order valence-electron chi connectivity index (χ4n) is 1.46. The Kier molecular flexibility index (Phi) is 6.88. The molecular weight excluding hydrogens is 296 g/mol. The van der Waals surface area contributed by atoms with E-state index < -0.39 is 10.0 Å². The quantitative estimate of drug-likeness (QED) is 0.595. The first-order valence-corrected chi connectivity index (χ1v) is 8.78. The molecule has 5 nitrogen and oxygen atoms in total. The summed E-state index contributed by atoms with van der Waals surface area (Å²) in [4.78, 5) is 0.167. The van der Waals surface area contributed by atoms with Crippen LogP contribution in [0.4, 0.5) is 0 Å². The van der Waals surface area contributed by atoms with E-state index in [4.69, 9.17) is 10.5 Å². The first-order valence-electron chi connectivity index (χ1n) is 5.90. The SMILES string of the molecule is COc1ccc(S(=O)(=O)NCCSC)cc1C#CCN. The molecule has 1 rings (SSSR count). The van der Waals surface area contributed by atoms with E-state index in [0.29, 0.717) is 17.9 Å². The summed E-state index contributed by atoms with van der Waals surface area (Å²) in [6, 6.07) is 4.57. The van der Waals surface area contributed by atoms with Gasteiger partial charge in [0.25, 0.3) is 0 Å². The predicted molar refractivity (Wildman–Crippen MR) is 82.5 cm³/mol. The lowest BCUT2D eigenvalue weighted by Crippen LogP contribution is -2.26. The minimum absolute atomic E-state index is 0.167. The number of nitrogens with one attached hydrogen (secondary N) is 1. The monoisotopic (exact) mass is 314 g/mol. The second-order valence-electron chi connectivity index (χ2n) is 3.76. The number of methoxy groups -OCH3 is 1. The van der Waals surface area contributed by atoms with Crippen LogP contribution in [0.5, 0.6) is 5.75 Å². The number of thioether (sulfide) groups is 1. The van der Waals surface area contributed by atoms with Crippen molar-refractivity contribution in [2.24, 2.45) is 5.73 Å². The average molecular weight is 314 g/mol. The van der Waals surface area contributed by atoms with Crippen molar-refractivity contribution >= 4 is 21.8 Å². The molecule has 7 heteroatoms. The molecule has 1 aromatic carbocycles. The first kappa shape index (κ1) is 16.9. The molecule has 110 valence electrons. The maximum absolute atomic E-state index is 12.1. The number of nitrogens with two attached hydrogens (primary N) is 1. The van der Waals surface area contributed by atoms with Gasteiger partial charge in [-0.2, -0.15) is 11.8 Å². The minimum Gasteiger partial charge on any atom is -0.495 e. The highest BCUT2D eigenvalue weighted by atomic mass is 32.2. The summed E-state index contributed by atoms with van der Waals surface area (Å²) in [6.07, 6.45) is 1.92. The van der Waals surface area contributed by atoms with Crippen molar-refractivity contribution in [1.29, 1.82) is 0 Å². The maximum atomic E-state index is 12.1. The Hall–Kier alpha value is -1.20. The highest BCUT2D eigenvalue weighted by Crippen LogP contribution is 2.21. The van der Waals surface area contributed by atoms with Gasteiger partial charge in [0, 0.05) is 12.3 Å². The number of ether oxygens (including phenoxy) is 1. The van der Waals surface area contributed by atoms with E-state index in [1.807, 2.05) is 6.26 Å². The van der Waals surface area contributed by atoms with E-state index >= 15 is 0 Å². The molecule has 0 radical (unpaired) electrons. The van der Waals surface area contributed by atoms with Crippen LogP contribution in [0.15, 0.2) is 23.1 Å². The Labute approximate surface area is 124 Å². The van der Waals surface area contributed by atoms with Crippen LogP contribution in [0, 0.1) is 11.8 Å². The van der Waals surface area contributed by atoms with Gasteiger partial charge in [-0.25, -0.2) is 13.1 Å². The highest BCUT2D eigenvalue weighted by Gasteiger charge is 2.15. The van der Waals surface area contributed by atoms with Crippen LogP contribution < -0.4 is 15.2 Å². The molecule has 0 aromatic heterocycles. The van der Waals surface area contributed by atoms with Crippen LogP contribution >= 0.6 is 11.8 Å². The molecule has 0 fully saturated rings. The number of hydrogen-bond acceptors (Lipinski definition) is 5. The molecule has 1 aromatic rings. The largest absolute Gasteiger partial charge is 0.495 e. The van der Waals surface area contributed by atoms with Crippen molar-refractivity contribution in [3.05, 3.63) is 23.8 Å². The zero-order valence-corrected chi connectivity index (χ0v) is 13.1. The van der Waals surface area contributed by atoms with Crippen LogP contribution in [-0.2, 0) is 10.0 Å². The standard InChI is InChI=1S/C13H18N2O3S2/c1-18-13-6-5-12(10-11(13)4-3-7-14)20(16,17)15-8-9-19-2/h5-6,10,15H,7-9,14H2,1-2H3. The molecule has 0 atom stereocenters. The molecule has 0 amide bonds. The fourth-order valence-corrected chi connectivity index (χ4v) is 2.95. The zero-order valence-electron chi connectivity index (χ0n) is 11.5. The topological polar surface area (TPSA) is 81.4 Å². The van der Waals surface area contributed by atoms with E-state index in [2.05, 4.69) is 16.6 Å². The van der Waals surface area contributed by atoms with Gasteiger partial charge in [-0.15, -0.1) is 0 Å². The number of benzene rings is 1. The van der Waals surface area contributed by atoms with Crippen LogP contribution in [0.3, 0.4) is 0 Å². The molecule has 20 heavy (non-hydrogen) atoms. The summed E-state index contributed by atoms with van der Waals surface area (Å²) < 4.78 is 31.9. The molecule has 0 unspecified atom stereocenters. The van der Waals surface area contributed by atoms with Crippen molar-refractivity contribution in [3.63, 3.8) is 0 Å². The van der Waals surface area contributed by atoms with Gasteiger partial charge in [0.15, 0.2) is 0 Å². The molecule has 0 aliphatic rings. The van der Waals surface area contributed by atoms with Crippen LogP contribution in [0.1, 0.15) is 5.56 Å². The van der Waals surface area contributed by atoms with Gasteiger partial charge >= 0.3 is 0 Å². The van der Waals surface area contributed by atoms with Gasteiger partial charge in [0.2, 0.25) is 10.0 Å². The molecule has 0 aliphatic carbocycles. The first-order chi connectivity index (χ1) is 9.55. The molecule has 0 saturated heterocycles. The Morgan fingerprint density at radius 1 is 1.45 bits per heavy atom. The molecular formula is C13H18N2O3S2. The summed E-state index contributed by atoms with van der Waals surface area (Å²) in [5, 5.41) is 0. The molecule has 0 saturated carbocycles. The minimum atomic E-state index is -3.52. The Morgan fingerprint density at radius 3 is 2.80 bits per heavy atom. The zero-order chi connectivity index (χ0) is 15.0. The third-order valence-electron chi connectivity index (χ3n) is 2.40. The summed E-state index contributed by atoms with van der Waals surface area (Å²) in [6.45, 7) is 0.589. The van der Waals surface area contributed by atoms with Crippen LogP contribution in [-0.4, -0.2) is 40.6 Å². The lowest BCUT2D eigenvalue weighted by molar-refractivity contribution is 0.413. The Bertz CT molecular complexity index is 604. The second-order valence-corrected chi connectivity index (χ2v) is 6.51. The number of sulfonamides is 1.